The van der Waals surface area contributed by atoms with E-state index >= 15 is 0 Å². The minimum atomic E-state index is -0.330. The average molecular weight is 449 g/mol. The highest BCUT2D eigenvalue weighted by Crippen LogP contribution is 2.30. The van der Waals surface area contributed by atoms with E-state index in [0.717, 1.165) is 22.9 Å². The van der Waals surface area contributed by atoms with Crippen LogP contribution in [-0.2, 0) is 22.4 Å². The van der Waals surface area contributed by atoms with Crippen molar-refractivity contribution in [2.24, 2.45) is 0 Å². The summed E-state index contributed by atoms with van der Waals surface area (Å²) in [7, 11) is 1.52. The SMILES string of the molecule is CCc1nc(C(C)C)nc(N2CCN(C(=O)COC)CC2)c1Cc1c(F)cccc1Cl. The summed E-state index contributed by atoms with van der Waals surface area (Å²) < 4.78 is 19.5. The lowest BCUT2D eigenvalue weighted by Crippen LogP contribution is -2.50. The summed E-state index contributed by atoms with van der Waals surface area (Å²) in [6.07, 6.45) is 1.04. The Morgan fingerprint density at radius 3 is 2.48 bits per heavy atom. The van der Waals surface area contributed by atoms with Gasteiger partial charge in [0, 0.05) is 67.5 Å². The molecule has 0 N–H and O–H groups in total. The van der Waals surface area contributed by atoms with Crippen molar-refractivity contribution in [2.75, 3.05) is 44.8 Å². The van der Waals surface area contributed by atoms with E-state index in [0.29, 0.717) is 49.6 Å². The van der Waals surface area contributed by atoms with Crippen molar-refractivity contribution in [1.82, 2.24) is 14.9 Å². The number of hydrogen-bond donors (Lipinski definition) is 0. The van der Waals surface area contributed by atoms with Gasteiger partial charge in [-0.05, 0) is 18.6 Å². The number of piperazine rings is 1. The van der Waals surface area contributed by atoms with Gasteiger partial charge in [0.25, 0.3) is 0 Å². The third-order valence-electron chi connectivity index (χ3n) is 5.55. The van der Waals surface area contributed by atoms with E-state index in [1.165, 1.54) is 13.2 Å². The second-order valence-corrected chi connectivity index (χ2v) is 8.42. The molecule has 2 aromatic rings. The van der Waals surface area contributed by atoms with Crippen LogP contribution < -0.4 is 4.90 Å². The molecule has 1 fully saturated rings. The molecule has 1 amide bonds. The Balaban J connectivity index is 1.98. The van der Waals surface area contributed by atoms with Crippen LogP contribution in [0, 0.1) is 5.82 Å². The predicted molar refractivity (Wildman–Crippen MR) is 120 cm³/mol. The number of benzene rings is 1. The number of methoxy groups -OCH3 is 1. The second kappa shape index (κ2) is 10.4. The maximum Gasteiger partial charge on any atom is 0.248 e. The molecule has 8 heteroatoms. The van der Waals surface area contributed by atoms with Crippen LogP contribution in [0.25, 0.3) is 0 Å². The van der Waals surface area contributed by atoms with Crippen molar-refractivity contribution in [3.8, 4) is 0 Å². The number of rotatable bonds is 7. The first-order chi connectivity index (χ1) is 14.8. The Morgan fingerprint density at radius 1 is 1.19 bits per heavy atom. The fourth-order valence-electron chi connectivity index (χ4n) is 3.79. The van der Waals surface area contributed by atoms with Gasteiger partial charge >= 0.3 is 0 Å². The van der Waals surface area contributed by atoms with Crippen LogP contribution in [0.4, 0.5) is 10.2 Å². The lowest BCUT2D eigenvalue weighted by Gasteiger charge is -2.36. The number of anilines is 1. The molecule has 6 nitrogen and oxygen atoms in total. The maximum atomic E-state index is 14.6. The van der Waals surface area contributed by atoms with E-state index < -0.39 is 0 Å². The molecule has 1 aliphatic rings. The molecule has 1 saturated heterocycles. The van der Waals surface area contributed by atoms with Crippen LogP contribution in [0.1, 0.15) is 49.3 Å². The first-order valence-electron chi connectivity index (χ1n) is 10.7. The number of hydrogen-bond acceptors (Lipinski definition) is 5. The van der Waals surface area contributed by atoms with Gasteiger partial charge in [0.2, 0.25) is 5.91 Å². The highest BCUT2D eigenvalue weighted by atomic mass is 35.5. The van der Waals surface area contributed by atoms with Crippen LogP contribution in [0.2, 0.25) is 5.02 Å². The summed E-state index contributed by atoms with van der Waals surface area (Å²) >= 11 is 6.33. The minimum absolute atomic E-state index is 0.0136. The third kappa shape index (κ3) is 5.33. The summed E-state index contributed by atoms with van der Waals surface area (Å²) in [6, 6.07) is 4.74. The standard InChI is InChI=1S/C23H30ClFN4O2/c1-5-20-17(13-16-18(24)7-6-8-19(16)25)23(27-22(26-20)15(2)3)29-11-9-28(10-12-29)21(30)14-31-4/h6-8,15H,5,9-14H2,1-4H3. The Kier molecular flexibility index (Phi) is 7.84. The first kappa shape index (κ1) is 23.4. The molecule has 1 aliphatic heterocycles. The van der Waals surface area contributed by atoms with Gasteiger partial charge in [0.05, 0.1) is 0 Å². The molecule has 3 rings (SSSR count). The van der Waals surface area contributed by atoms with E-state index in [2.05, 4.69) is 18.7 Å². The summed E-state index contributed by atoms with van der Waals surface area (Å²) in [4.78, 5) is 25.8. The summed E-state index contributed by atoms with van der Waals surface area (Å²) in [5, 5.41) is 0.399. The largest absolute Gasteiger partial charge is 0.375 e. The Hall–Kier alpha value is -2.25. The zero-order chi connectivity index (χ0) is 22.5. The number of amides is 1. The van der Waals surface area contributed by atoms with Crippen LogP contribution in [0.15, 0.2) is 18.2 Å². The molecule has 31 heavy (non-hydrogen) atoms. The molecule has 1 aromatic carbocycles. The smallest absolute Gasteiger partial charge is 0.248 e. The second-order valence-electron chi connectivity index (χ2n) is 8.02. The summed E-state index contributed by atoms with van der Waals surface area (Å²) in [5.74, 6) is 1.41. The fourth-order valence-corrected chi connectivity index (χ4v) is 4.02. The van der Waals surface area contributed by atoms with Gasteiger partial charge in [-0.25, -0.2) is 14.4 Å². The van der Waals surface area contributed by atoms with E-state index in [1.54, 1.807) is 17.0 Å². The Bertz CT molecular complexity index is 910. The average Bonchev–Trinajstić information content (AvgIpc) is 2.76. The Morgan fingerprint density at radius 2 is 1.90 bits per heavy atom. The summed E-state index contributed by atoms with van der Waals surface area (Å²) in [5.41, 5.74) is 2.26. The molecule has 0 aliphatic carbocycles. The molecule has 0 radical (unpaired) electrons. The molecule has 0 spiro atoms. The monoisotopic (exact) mass is 448 g/mol. The van der Waals surface area contributed by atoms with E-state index in [-0.39, 0.29) is 24.2 Å². The zero-order valence-corrected chi connectivity index (χ0v) is 19.4. The minimum Gasteiger partial charge on any atom is -0.375 e. The van der Waals surface area contributed by atoms with Crippen LogP contribution in [0.3, 0.4) is 0 Å². The lowest BCUT2D eigenvalue weighted by molar-refractivity contribution is -0.135. The third-order valence-corrected chi connectivity index (χ3v) is 5.91. The van der Waals surface area contributed by atoms with Gasteiger partial charge in [-0.15, -0.1) is 0 Å². The zero-order valence-electron chi connectivity index (χ0n) is 18.6. The molecular formula is C23H30ClFN4O2. The molecule has 0 atom stereocenters. The van der Waals surface area contributed by atoms with Gasteiger partial charge in [-0.1, -0.05) is 38.4 Å². The van der Waals surface area contributed by atoms with E-state index in [9.17, 15) is 9.18 Å². The number of carbonyl (C=O) groups is 1. The number of aromatic nitrogens is 2. The first-order valence-corrected chi connectivity index (χ1v) is 11.1. The van der Waals surface area contributed by atoms with Crippen molar-refractivity contribution in [3.05, 3.63) is 51.7 Å². The maximum absolute atomic E-state index is 14.6. The van der Waals surface area contributed by atoms with E-state index in [4.69, 9.17) is 26.3 Å². The normalized spacial score (nSPS) is 14.4. The molecule has 168 valence electrons. The molecular weight excluding hydrogens is 419 g/mol. The number of nitrogens with zero attached hydrogens (tertiary/aromatic N) is 4. The van der Waals surface area contributed by atoms with Crippen LogP contribution >= 0.6 is 11.6 Å². The number of carbonyl (C=O) groups excluding carboxylic acids is 1. The highest BCUT2D eigenvalue weighted by molar-refractivity contribution is 6.31. The number of ether oxygens (including phenoxy) is 1. The molecule has 0 bridgehead atoms. The summed E-state index contributed by atoms with van der Waals surface area (Å²) in [6.45, 7) is 8.72. The van der Waals surface area contributed by atoms with Crippen molar-refractivity contribution in [2.45, 2.75) is 39.5 Å². The Labute approximate surface area is 188 Å². The molecule has 1 aromatic heterocycles. The molecule has 2 heterocycles. The quantitative estimate of drug-likeness (QED) is 0.644. The van der Waals surface area contributed by atoms with Crippen molar-refractivity contribution >= 4 is 23.3 Å². The molecule has 0 unspecified atom stereocenters. The topological polar surface area (TPSA) is 58.6 Å². The van der Waals surface area contributed by atoms with Crippen LogP contribution in [-0.4, -0.2) is 60.7 Å². The van der Waals surface area contributed by atoms with Gasteiger partial charge in [0.15, 0.2) is 0 Å². The predicted octanol–water partition coefficient (Wildman–Crippen LogP) is 3.84. The van der Waals surface area contributed by atoms with Gasteiger partial charge in [-0.2, -0.15) is 0 Å². The number of halogens is 2. The van der Waals surface area contributed by atoms with Crippen molar-refractivity contribution in [1.29, 1.82) is 0 Å². The van der Waals surface area contributed by atoms with Gasteiger partial charge in [0.1, 0.15) is 24.1 Å². The van der Waals surface area contributed by atoms with E-state index in [1.807, 2.05) is 6.92 Å². The van der Waals surface area contributed by atoms with Gasteiger partial charge < -0.3 is 14.5 Å². The highest BCUT2D eigenvalue weighted by Gasteiger charge is 2.26. The van der Waals surface area contributed by atoms with Crippen LogP contribution in [0.5, 0.6) is 0 Å². The van der Waals surface area contributed by atoms with Crippen molar-refractivity contribution < 1.29 is 13.9 Å². The van der Waals surface area contributed by atoms with Gasteiger partial charge in [-0.3, -0.25) is 4.79 Å². The van der Waals surface area contributed by atoms with Crippen molar-refractivity contribution in [3.63, 3.8) is 0 Å². The molecule has 0 saturated carbocycles. The fraction of sp³-hybridized carbons (Fsp3) is 0.522. The number of aryl methyl sites for hydroxylation is 1. The lowest BCUT2D eigenvalue weighted by atomic mass is 10.0.